The molecular formula is C4H7ClO2. The van der Waals surface area contributed by atoms with E-state index >= 15 is 0 Å². The molecule has 7 heavy (non-hydrogen) atoms. The van der Waals surface area contributed by atoms with E-state index in [2.05, 4.69) is 16.4 Å². The minimum Gasteiger partial charge on any atom is -0.346 e. The monoisotopic (exact) mass is 122 g/mol. The molecule has 0 rings (SSSR count). The molecule has 0 aromatic heterocycles. The molecule has 0 aliphatic rings. The fraction of sp³-hybridized carbons (Fsp3) is 0.500. The molecule has 0 aromatic rings. The Kier molecular flexibility index (Phi) is 5.62. The second kappa shape index (κ2) is 5.79. The van der Waals surface area contributed by atoms with Gasteiger partial charge in [0.15, 0.2) is 0 Å². The smallest absolute Gasteiger partial charge is 0.122 e. The van der Waals surface area contributed by atoms with Crippen molar-refractivity contribution in [1.82, 2.24) is 0 Å². The highest BCUT2D eigenvalue weighted by atomic mass is 35.5. The Morgan fingerprint density at radius 2 is 2.43 bits per heavy atom. The lowest BCUT2D eigenvalue weighted by atomic mass is 10.9. The number of alkyl halides is 1. The van der Waals surface area contributed by atoms with Crippen LogP contribution in [0.15, 0.2) is 12.8 Å². The molecule has 0 bridgehead atoms. The van der Waals surface area contributed by atoms with Crippen molar-refractivity contribution in [3.05, 3.63) is 12.8 Å². The van der Waals surface area contributed by atoms with Gasteiger partial charge >= 0.3 is 0 Å². The summed E-state index contributed by atoms with van der Waals surface area (Å²) in [5.41, 5.74) is 0. The summed E-state index contributed by atoms with van der Waals surface area (Å²) >= 11 is 5.20. The molecule has 0 N–H and O–H groups in total. The molecule has 0 spiro atoms. The lowest BCUT2D eigenvalue weighted by Gasteiger charge is -1.92. The van der Waals surface area contributed by atoms with Gasteiger partial charge in [-0.25, -0.2) is 0 Å². The van der Waals surface area contributed by atoms with Crippen LogP contribution in [0.4, 0.5) is 0 Å². The Morgan fingerprint density at radius 3 is 2.86 bits per heavy atom. The van der Waals surface area contributed by atoms with Crippen molar-refractivity contribution in [3.63, 3.8) is 0 Å². The van der Waals surface area contributed by atoms with Crippen LogP contribution in [0, 0.1) is 0 Å². The fourth-order valence-electron chi connectivity index (χ4n) is 0.128. The van der Waals surface area contributed by atoms with Crippen molar-refractivity contribution in [2.24, 2.45) is 0 Å². The summed E-state index contributed by atoms with van der Waals surface area (Å²) in [6, 6.07) is 0. The molecule has 0 radical (unpaired) electrons. The Labute approximate surface area is 47.6 Å². The van der Waals surface area contributed by atoms with Gasteiger partial charge in [0, 0.05) is 0 Å². The summed E-state index contributed by atoms with van der Waals surface area (Å²) in [5, 5.41) is 0. The quantitative estimate of drug-likeness (QED) is 0.184. The van der Waals surface area contributed by atoms with Gasteiger partial charge in [-0.15, -0.1) is 11.6 Å². The molecule has 0 unspecified atom stereocenters. The number of halogens is 1. The minimum atomic E-state index is 0.396. The van der Waals surface area contributed by atoms with Gasteiger partial charge in [-0.3, -0.25) is 0 Å². The van der Waals surface area contributed by atoms with Crippen LogP contribution in [0.25, 0.3) is 0 Å². The van der Waals surface area contributed by atoms with E-state index in [1.54, 1.807) is 0 Å². The minimum absolute atomic E-state index is 0.396. The van der Waals surface area contributed by atoms with Crippen molar-refractivity contribution >= 4 is 11.6 Å². The fourth-order valence-corrected chi connectivity index (χ4v) is 0.191. The highest BCUT2D eigenvalue weighted by Crippen LogP contribution is 1.79. The number of hydrogen-bond donors (Lipinski definition) is 0. The predicted molar refractivity (Wildman–Crippen MR) is 28.0 cm³/mol. The van der Waals surface area contributed by atoms with Crippen LogP contribution in [0.1, 0.15) is 0 Å². The molecule has 0 atom stereocenters. The van der Waals surface area contributed by atoms with Crippen LogP contribution >= 0.6 is 11.6 Å². The van der Waals surface area contributed by atoms with Gasteiger partial charge in [0.05, 0.1) is 5.88 Å². The van der Waals surface area contributed by atoms with Gasteiger partial charge in [-0.2, -0.15) is 4.89 Å². The van der Waals surface area contributed by atoms with Gasteiger partial charge in [0.25, 0.3) is 0 Å². The standard InChI is InChI=1S/C4H7ClO2/c1-2-6-7-4-3-5/h2H,1,3-4H2. The third kappa shape index (κ3) is 5.79. The third-order valence-corrected chi connectivity index (χ3v) is 0.451. The zero-order valence-corrected chi connectivity index (χ0v) is 4.65. The summed E-state index contributed by atoms with van der Waals surface area (Å²) in [5.74, 6) is 0.438. The molecule has 0 saturated heterocycles. The van der Waals surface area contributed by atoms with Crippen molar-refractivity contribution in [3.8, 4) is 0 Å². The van der Waals surface area contributed by atoms with E-state index in [9.17, 15) is 0 Å². The van der Waals surface area contributed by atoms with Crippen molar-refractivity contribution < 1.29 is 9.78 Å². The zero-order valence-electron chi connectivity index (χ0n) is 3.89. The van der Waals surface area contributed by atoms with Crippen molar-refractivity contribution in [2.75, 3.05) is 12.5 Å². The number of rotatable bonds is 4. The van der Waals surface area contributed by atoms with E-state index in [4.69, 9.17) is 11.6 Å². The average Bonchev–Trinajstić information content (AvgIpc) is 1.69. The van der Waals surface area contributed by atoms with Gasteiger partial charge in [0.2, 0.25) is 0 Å². The second-order valence-electron chi connectivity index (χ2n) is 0.774. The summed E-state index contributed by atoms with van der Waals surface area (Å²) in [6.07, 6.45) is 1.20. The Hall–Kier alpha value is -0.210. The van der Waals surface area contributed by atoms with Gasteiger partial charge < -0.3 is 4.89 Å². The molecule has 0 amide bonds. The Bertz CT molecular complexity index is 47.0. The van der Waals surface area contributed by atoms with Gasteiger partial charge in [0.1, 0.15) is 12.9 Å². The third-order valence-electron chi connectivity index (χ3n) is 0.297. The SMILES string of the molecule is C=COOCCCl. The lowest BCUT2D eigenvalue weighted by molar-refractivity contribution is -0.243. The van der Waals surface area contributed by atoms with Crippen molar-refractivity contribution in [2.45, 2.75) is 0 Å². The Balaban J connectivity index is 2.56. The molecule has 0 fully saturated rings. The molecule has 0 aliphatic heterocycles. The van der Waals surface area contributed by atoms with Crippen LogP contribution in [-0.4, -0.2) is 12.5 Å². The van der Waals surface area contributed by atoms with Crippen molar-refractivity contribution in [1.29, 1.82) is 0 Å². The summed E-state index contributed by atoms with van der Waals surface area (Å²) < 4.78 is 0. The molecule has 42 valence electrons. The van der Waals surface area contributed by atoms with Crippen LogP contribution in [0.2, 0.25) is 0 Å². The summed E-state index contributed by atoms with van der Waals surface area (Å²) in [7, 11) is 0. The van der Waals surface area contributed by atoms with E-state index in [0.29, 0.717) is 12.5 Å². The first-order chi connectivity index (χ1) is 3.41. The number of hydrogen-bond acceptors (Lipinski definition) is 2. The highest BCUT2D eigenvalue weighted by Gasteiger charge is 1.77. The van der Waals surface area contributed by atoms with Crippen LogP contribution in [-0.2, 0) is 9.78 Å². The Morgan fingerprint density at radius 1 is 1.71 bits per heavy atom. The van der Waals surface area contributed by atoms with E-state index < -0.39 is 0 Å². The van der Waals surface area contributed by atoms with Crippen LogP contribution in [0.5, 0.6) is 0 Å². The van der Waals surface area contributed by atoms with Gasteiger partial charge in [-0.05, 0) is 0 Å². The van der Waals surface area contributed by atoms with Gasteiger partial charge in [-0.1, -0.05) is 6.58 Å². The summed E-state index contributed by atoms with van der Waals surface area (Å²) in [4.78, 5) is 8.64. The largest absolute Gasteiger partial charge is 0.346 e. The highest BCUT2D eigenvalue weighted by molar-refractivity contribution is 6.17. The molecule has 0 aromatic carbocycles. The maximum Gasteiger partial charge on any atom is 0.122 e. The predicted octanol–water partition coefficient (Wildman–Crippen LogP) is 1.32. The maximum atomic E-state index is 5.20. The second-order valence-corrected chi connectivity index (χ2v) is 1.15. The first-order valence-corrected chi connectivity index (χ1v) is 2.40. The molecule has 0 saturated carbocycles. The molecule has 3 heteroatoms. The average molecular weight is 123 g/mol. The molecule has 0 heterocycles. The normalized spacial score (nSPS) is 8.14. The van der Waals surface area contributed by atoms with E-state index in [-0.39, 0.29) is 0 Å². The van der Waals surface area contributed by atoms with E-state index in [1.165, 1.54) is 6.26 Å². The molecule has 2 nitrogen and oxygen atoms in total. The zero-order chi connectivity index (χ0) is 5.54. The van der Waals surface area contributed by atoms with Crippen LogP contribution in [0.3, 0.4) is 0 Å². The van der Waals surface area contributed by atoms with E-state index in [0.717, 1.165) is 0 Å². The first-order valence-electron chi connectivity index (χ1n) is 1.87. The lowest BCUT2D eigenvalue weighted by Crippen LogP contribution is -1.90. The molecular weight excluding hydrogens is 115 g/mol. The summed E-state index contributed by atoms with van der Waals surface area (Å²) in [6.45, 7) is 3.64. The maximum absolute atomic E-state index is 5.20. The van der Waals surface area contributed by atoms with E-state index in [1.807, 2.05) is 0 Å². The topological polar surface area (TPSA) is 18.5 Å². The van der Waals surface area contributed by atoms with Crippen LogP contribution < -0.4 is 0 Å². The molecule has 0 aliphatic carbocycles. The first kappa shape index (κ1) is 6.79.